The molecule has 1 fully saturated rings. The molecule has 3 N–H and O–H groups in total. The molecule has 0 aliphatic heterocycles. The Morgan fingerprint density at radius 1 is 1.33 bits per heavy atom. The second-order valence-corrected chi connectivity index (χ2v) is 4.82. The van der Waals surface area contributed by atoms with E-state index in [1.54, 1.807) is 0 Å². The minimum atomic E-state index is 0.0610. The molecule has 0 aromatic heterocycles. The quantitative estimate of drug-likeness (QED) is 0.785. The standard InChI is InChI=1S/C13H19NO/c1-9-3-10(2)5-11(4-9)13(8-14)6-12(13)7-15/h3-5,12,15H,6-8,14H2,1-2H3. The fraction of sp³-hybridized carbons (Fsp3) is 0.538. The third-order valence-electron chi connectivity index (χ3n) is 3.61. The van der Waals surface area contributed by atoms with Gasteiger partial charge in [0.25, 0.3) is 0 Å². The fourth-order valence-corrected chi connectivity index (χ4v) is 2.60. The second kappa shape index (κ2) is 3.62. The van der Waals surface area contributed by atoms with Gasteiger partial charge in [0.05, 0.1) is 0 Å². The van der Waals surface area contributed by atoms with Crippen LogP contribution in [0.15, 0.2) is 18.2 Å². The van der Waals surface area contributed by atoms with Crippen LogP contribution in [0.1, 0.15) is 23.1 Å². The van der Waals surface area contributed by atoms with Crippen molar-refractivity contribution in [2.45, 2.75) is 25.7 Å². The van der Waals surface area contributed by atoms with Crippen molar-refractivity contribution in [2.75, 3.05) is 13.2 Å². The number of aryl methyl sites for hydroxylation is 2. The van der Waals surface area contributed by atoms with Gasteiger partial charge in [-0.3, -0.25) is 0 Å². The Hall–Kier alpha value is -0.860. The van der Waals surface area contributed by atoms with Crippen molar-refractivity contribution in [2.24, 2.45) is 11.7 Å². The number of aliphatic hydroxyl groups excluding tert-OH is 1. The molecular formula is C13H19NO. The molecule has 1 aliphatic carbocycles. The molecule has 82 valence electrons. The van der Waals surface area contributed by atoms with Crippen LogP contribution in [0, 0.1) is 19.8 Å². The van der Waals surface area contributed by atoms with E-state index >= 15 is 0 Å². The van der Waals surface area contributed by atoms with E-state index in [-0.39, 0.29) is 12.0 Å². The largest absolute Gasteiger partial charge is 0.396 e. The fourth-order valence-electron chi connectivity index (χ4n) is 2.60. The first kappa shape index (κ1) is 10.7. The van der Waals surface area contributed by atoms with Gasteiger partial charge in [0.15, 0.2) is 0 Å². The van der Waals surface area contributed by atoms with E-state index in [9.17, 15) is 5.11 Å². The number of nitrogens with two attached hydrogens (primary N) is 1. The number of hydrogen-bond acceptors (Lipinski definition) is 2. The SMILES string of the molecule is Cc1cc(C)cc(C2(CN)CC2CO)c1. The molecule has 0 spiro atoms. The van der Waals surface area contributed by atoms with Gasteiger partial charge in [0.1, 0.15) is 0 Å². The lowest BCUT2D eigenvalue weighted by Gasteiger charge is -2.16. The molecule has 2 atom stereocenters. The van der Waals surface area contributed by atoms with E-state index in [4.69, 9.17) is 5.73 Å². The molecule has 2 heteroatoms. The Morgan fingerprint density at radius 2 is 1.93 bits per heavy atom. The molecule has 1 aromatic rings. The summed E-state index contributed by atoms with van der Waals surface area (Å²) in [6.45, 7) is 5.11. The van der Waals surface area contributed by atoms with Gasteiger partial charge in [-0.05, 0) is 31.7 Å². The average Bonchev–Trinajstić information content (AvgIpc) is 2.91. The Kier molecular flexibility index (Phi) is 2.57. The van der Waals surface area contributed by atoms with Crippen LogP contribution in [-0.4, -0.2) is 18.3 Å². The summed E-state index contributed by atoms with van der Waals surface area (Å²) in [5.74, 6) is 0.365. The van der Waals surface area contributed by atoms with Crippen LogP contribution < -0.4 is 5.73 Å². The summed E-state index contributed by atoms with van der Waals surface area (Å²) in [4.78, 5) is 0. The maximum Gasteiger partial charge on any atom is 0.0468 e. The summed E-state index contributed by atoms with van der Waals surface area (Å²) < 4.78 is 0. The summed E-state index contributed by atoms with van der Waals surface area (Å²) >= 11 is 0. The van der Waals surface area contributed by atoms with Crippen molar-refractivity contribution in [3.63, 3.8) is 0 Å². The predicted molar refractivity (Wildman–Crippen MR) is 61.8 cm³/mol. The lowest BCUT2D eigenvalue weighted by molar-refractivity contribution is 0.264. The van der Waals surface area contributed by atoms with Crippen LogP contribution >= 0.6 is 0 Å². The van der Waals surface area contributed by atoms with E-state index in [0.717, 1.165) is 6.42 Å². The van der Waals surface area contributed by atoms with Crippen molar-refractivity contribution in [3.8, 4) is 0 Å². The molecule has 1 aromatic carbocycles. The average molecular weight is 205 g/mol. The van der Waals surface area contributed by atoms with Gasteiger partial charge in [-0.2, -0.15) is 0 Å². The van der Waals surface area contributed by atoms with Crippen LogP contribution in [0.4, 0.5) is 0 Å². The number of rotatable bonds is 3. The topological polar surface area (TPSA) is 46.2 Å². The van der Waals surface area contributed by atoms with Gasteiger partial charge >= 0.3 is 0 Å². The first-order chi connectivity index (χ1) is 7.12. The molecule has 1 aliphatic rings. The Balaban J connectivity index is 2.37. The molecule has 0 bridgehead atoms. The molecule has 2 nitrogen and oxygen atoms in total. The Morgan fingerprint density at radius 3 is 2.33 bits per heavy atom. The number of hydrogen-bond donors (Lipinski definition) is 2. The van der Waals surface area contributed by atoms with Crippen LogP contribution in [0.25, 0.3) is 0 Å². The molecular weight excluding hydrogens is 186 g/mol. The zero-order valence-corrected chi connectivity index (χ0v) is 9.46. The van der Waals surface area contributed by atoms with Gasteiger partial charge < -0.3 is 10.8 Å². The summed E-state index contributed by atoms with van der Waals surface area (Å²) in [7, 11) is 0. The minimum absolute atomic E-state index is 0.0610. The van der Waals surface area contributed by atoms with Crippen LogP contribution in [-0.2, 0) is 5.41 Å². The highest BCUT2D eigenvalue weighted by molar-refractivity contribution is 5.39. The number of benzene rings is 1. The highest BCUT2D eigenvalue weighted by Gasteiger charge is 2.53. The van der Waals surface area contributed by atoms with E-state index in [1.807, 2.05) is 0 Å². The summed E-state index contributed by atoms with van der Waals surface area (Å²) in [5.41, 5.74) is 9.78. The maximum absolute atomic E-state index is 9.22. The van der Waals surface area contributed by atoms with Gasteiger partial charge in [0, 0.05) is 18.6 Å². The highest BCUT2D eigenvalue weighted by atomic mass is 16.3. The molecule has 1 saturated carbocycles. The minimum Gasteiger partial charge on any atom is -0.396 e. The molecule has 15 heavy (non-hydrogen) atoms. The van der Waals surface area contributed by atoms with E-state index < -0.39 is 0 Å². The maximum atomic E-state index is 9.22. The third-order valence-corrected chi connectivity index (χ3v) is 3.61. The zero-order chi connectivity index (χ0) is 11.1. The van der Waals surface area contributed by atoms with Crippen molar-refractivity contribution < 1.29 is 5.11 Å². The predicted octanol–water partition coefficient (Wildman–Crippen LogP) is 1.51. The van der Waals surface area contributed by atoms with Crippen LogP contribution in [0.2, 0.25) is 0 Å². The number of aliphatic hydroxyl groups is 1. The first-order valence-corrected chi connectivity index (χ1v) is 5.52. The molecule has 0 saturated heterocycles. The molecule has 2 rings (SSSR count). The van der Waals surface area contributed by atoms with Gasteiger partial charge in [-0.1, -0.05) is 29.3 Å². The Bertz CT molecular complexity index is 355. The molecule has 0 heterocycles. The zero-order valence-electron chi connectivity index (χ0n) is 9.46. The summed E-state index contributed by atoms with van der Waals surface area (Å²) in [5, 5.41) is 9.22. The molecule has 0 amide bonds. The van der Waals surface area contributed by atoms with Crippen molar-refractivity contribution in [1.29, 1.82) is 0 Å². The molecule has 2 unspecified atom stereocenters. The second-order valence-electron chi connectivity index (χ2n) is 4.82. The first-order valence-electron chi connectivity index (χ1n) is 5.52. The smallest absolute Gasteiger partial charge is 0.0468 e. The molecule has 0 radical (unpaired) electrons. The van der Waals surface area contributed by atoms with Gasteiger partial charge in [0.2, 0.25) is 0 Å². The van der Waals surface area contributed by atoms with Crippen molar-refractivity contribution >= 4 is 0 Å². The van der Waals surface area contributed by atoms with Crippen molar-refractivity contribution in [3.05, 3.63) is 34.9 Å². The van der Waals surface area contributed by atoms with E-state index in [1.165, 1.54) is 16.7 Å². The van der Waals surface area contributed by atoms with Crippen LogP contribution in [0.5, 0.6) is 0 Å². The van der Waals surface area contributed by atoms with Gasteiger partial charge in [-0.15, -0.1) is 0 Å². The highest BCUT2D eigenvalue weighted by Crippen LogP contribution is 2.53. The lowest BCUT2D eigenvalue weighted by Crippen LogP contribution is -2.23. The van der Waals surface area contributed by atoms with E-state index in [2.05, 4.69) is 32.0 Å². The summed E-state index contributed by atoms with van der Waals surface area (Å²) in [6, 6.07) is 6.58. The monoisotopic (exact) mass is 205 g/mol. The summed E-state index contributed by atoms with van der Waals surface area (Å²) in [6.07, 6.45) is 1.03. The van der Waals surface area contributed by atoms with E-state index in [0.29, 0.717) is 12.5 Å². The van der Waals surface area contributed by atoms with Crippen LogP contribution in [0.3, 0.4) is 0 Å². The lowest BCUT2D eigenvalue weighted by atomic mass is 9.91. The van der Waals surface area contributed by atoms with Gasteiger partial charge in [-0.25, -0.2) is 0 Å². The Labute approximate surface area is 91.1 Å². The third kappa shape index (κ3) is 1.68. The van der Waals surface area contributed by atoms with Crippen molar-refractivity contribution in [1.82, 2.24) is 0 Å². The normalized spacial score (nSPS) is 29.2.